The van der Waals surface area contributed by atoms with Gasteiger partial charge in [0, 0.05) is 25.0 Å². The third kappa shape index (κ3) is 4.28. The molecule has 3 rings (SSSR count). The molecule has 0 aliphatic heterocycles. The van der Waals surface area contributed by atoms with Crippen LogP contribution >= 0.6 is 0 Å². The Hall–Kier alpha value is -2.61. The zero-order valence-corrected chi connectivity index (χ0v) is 17.5. The Labute approximate surface area is 173 Å². The van der Waals surface area contributed by atoms with E-state index in [0.717, 1.165) is 49.2 Å². The van der Waals surface area contributed by atoms with Crippen molar-refractivity contribution in [2.24, 2.45) is 0 Å². The van der Waals surface area contributed by atoms with Gasteiger partial charge in [-0.05, 0) is 31.9 Å². The Kier molecular flexibility index (Phi) is 6.08. The molecule has 2 aromatic rings. The van der Waals surface area contributed by atoms with Crippen molar-refractivity contribution < 1.29 is 21.6 Å². The summed E-state index contributed by atoms with van der Waals surface area (Å²) in [7, 11) is -3.52. The van der Waals surface area contributed by atoms with Crippen LogP contribution in [0.1, 0.15) is 50.3 Å². The standard InChI is InChI=1S/C19H22F3N5O2S/c1-3-26(13-7-5-4-6-8-13)18-15(11-23)17(19(20,21)22)25-27(18)16-10-9-14(12-24-16)30(2,28)29/h9-10,12-13H,3-8H2,1-2H3. The van der Waals surface area contributed by atoms with Crippen LogP contribution in [0.25, 0.3) is 5.82 Å². The summed E-state index contributed by atoms with van der Waals surface area (Å²) in [6, 6.07) is 4.23. The van der Waals surface area contributed by atoms with E-state index in [9.17, 15) is 26.9 Å². The van der Waals surface area contributed by atoms with Crippen molar-refractivity contribution in [3.05, 3.63) is 29.6 Å². The first kappa shape index (κ1) is 22.1. The average Bonchev–Trinajstić information content (AvgIpc) is 3.09. The van der Waals surface area contributed by atoms with Gasteiger partial charge in [-0.2, -0.15) is 28.2 Å². The molecule has 0 spiro atoms. The van der Waals surface area contributed by atoms with E-state index in [2.05, 4.69) is 10.1 Å². The minimum Gasteiger partial charge on any atom is -0.353 e. The summed E-state index contributed by atoms with van der Waals surface area (Å²) in [4.78, 5) is 5.75. The van der Waals surface area contributed by atoms with E-state index in [4.69, 9.17) is 0 Å². The second-order valence-electron chi connectivity index (χ2n) is 7.27. The maximum Gasteiger partial charge on any atom is 0.436 e. The molecule has 0 N–H and O–H groups in total. The molecule has 30 heavy (non-hydrogen) atoms. The zero-order valence-electron chi connectivity index (χ0n) is 16.6. The largest absolute Gasteiger partial charge is 0.436 e. The van der Waals surface area contributed by atoms with Gasteiger partial charge >= 0.3 is 6.18 Å². The molecule has 7 nitrogen and oxygen atoms in total. The normalized spacial score (nSPS) is 15.7. The smallest absolute Gasteiger partial charge is 0.353 e. The summed E-state index contributed by atoms with van der Waals surface area (Å²) in [6.45, 7) is 2.21. The van der Waals surface area contributed by atoms with Gasteiger partial charge in [0.2, 0.25) is 0 Å². The van der Waals surface area contributed by atoms with Gasteiger partial charge in [-0.1, -0.05) is 19.3 Å². The van der Waals surface area contributed by atoms with E-state index >= 15 is 0 Å². The lowest BCUT2D eigenvalue weighted by Crippen LogP contribution is -2.38. The van der Waals surface area contributed by atoms with Crippen LogP contribution in [0.4, 0.5) is 19.0 Å². The molecular formula is C19H22F3N5O2S. The van der Waals surface area contributed by atoms with Crippen LogP contribution in [0.15, 0.2) is 23.2 Å². The van der Waals surface area contributed by atoms with Gasteiger partial charge in [0.05, 0.1) is 4.90 Å². The van der Waals surface area contributed by atoms with Crippen molar-refractivity contribution in [1.29, 1.82) is 5.26 Å². The number of anilines is 1. The van der Waals surface area contributed by atoms with Crippen molar-refractivity contribution in [1.82, 2.24) is 14.8 Å². The van der Waals surface area contributed by atoms with Crippen LogP contribution in [0.3, 0.4) is 0 Å². The number of pyridine rings is 1. The highest BCUT2D eigenvalue weighted by atomic mass is 32.2. The zero-order chi connectivity index (χ0) is 22.1. The number of hydrogen-bond acceptors (Lipinski definition) is 6. The predicted octanol–water partition coefficient (Wildman–Crippen LogP) is 3.72. The molecule has 1 aliphatic rings. The number of nitriles is 1. The number of hydrogen-bond donors (Lipinski definition) is 0. The third-order valence-corrected chi connectivity index (χ3v) is 6.33. The molecule has 1 aliphatic carbocycles. The van der Waals surface area contributed by atoms with Crippen LogP contribution in [-0.4, -0.2) is 42.0 Å². The number of rotatable bonds is 5. The predicted molar refractivity (Wildman–Crippen MR) is 104 cm³/mol. The van der Waals surface area contributed by atoms with Gasteiger partial charge in [-0.3, -0.25) is 0 Å². The van der Waals surface area contributed by atoms with E-state index < -0.39 is 27.3 Å². The summed E-state index contributed by atoms with van der Waals surface area (Å²) in [5.41, 5.74) is -1.83. The SMILES string of the molecule is CCN(c1c(C#N)c(C(F)(F)F)nn1-c1ccc(S(C)(=O)=O)cn1)C1CCCCC1. The highest BCUT2D eigenvalue weighted by molar-refractivity contribution is 7.90. The van der Waals surface area contributed by atoms with Gasteiger partial charge < -0.3 is 4.90 Å². The van der Waals surface area contributed by atoms with E-state index in [0.29, 0.717) is 6.54 Å². The molecule has 0 bridgehead atoms. The van der Waals surface area contributed by atoms with Crippen molar-refractivity contribution in [2.45, 2.75) is 56.1 Å². The van der Waals surface area contributed by atoms with Crippen molar-refractivity contribution in [3.63, 3.8) is 0 Å². The van der Waals surface area contributed by atoms with Crippen LogP contribution in [0.2, 0.25) is 0 Å². The fourth-order valence-corrected chi connectivity index (χ4v) is 4.39. The summed E-state index contributed by atoms with van der Waals surface area (Å²) < 4.78 is 65.3. The molecule has 1 fully saturated rings. The molecule has 0 aromatic carbocycles. The Morgan fingerprint density at radius 3 is 2.40 bits per heavy atom. The maximum atomic E-state index is 13.6. The second kappa shape index (κ2) is 8.26. The minimum absolute atomic E-state index is 0.0114. The molecule has 0 unspecified atom stereocenters. The molecule has 2 aromatic heterocycles. The van der Waals surface area contributed by atoms with E-state index in [1.165, 1.54) is 12.1 Å². The van der Waals surface area contributed by atoms with E-state index in [1.54, 1.807) is 11.0 Å². The molecule has 162 valence electrons. The summed E-state index contributed by atoms with van der Waals surface area (Å²) in [5, 5.41) is 13.3. The van der Waals surface area contributed by atoms with Crippen LogP contribution < -0.4 is 4.90 Å². The lowest BCUT2D eigenvalue weighted by atomic mass is 9.94. The Bertz CT molecular complexity index is 1050. The van der Waals surface area contributed by atoms with Crippen LogP contribution in [0, 0.1) is 11.3 Å². The first-order valence-electron chi connectivity index (χ1n) is 9.61. The lowest BCUT2D eigenvalue weighted by molar-refractivity contribution is -0.141. The topological polar surface area (TPSA) is 91.9 Å². The maximum absolute atomic E-state index is 13.6. The molecule has 2 heterocycles. The summed E-state index contributed by atoms with van der Waals surface area (Å²) in [5.74, 6) is 0.0532. The first-order valence-corrected chi connectivity index (χ1v) is 11.5. The molecule has 1 saturated carbocycles. The highest BCUT2D eigenvalue weighted by Gasteiger charge is 2.41. The average molecular weight is 441 g/mol. The second-order valence-corrected chi connectivity index (χ2v) is 9.29. The highest BCUT2D eigenvalue weighted by Crippen LogP contribution is 2.38. The quantitative estimate of drug-likeness (QED) is 0.702. The van der Waals surface area contributed by atoms with Crippen LogP contribution in [0.5, 0.6) is 0 Å². The number of sulfone groups is 1. The van der Waals surface area contributed by atoms with Crippen molar-refractivity contribution in [3.8, 4) is 11.9 Å². The van der Waals surface area contributed by atoms with Crippen molar-refractivity contribution in [2.75, 3.05) is 17.7 Å². The molecule has 0 amide bonds. The Morgan fingerprint density at radius 2 is 1.93 bits per heavy atom. The minimum atomic E-state index is -4.82. The Morgan fingerprint density at radius 1 is 1.27 bits per heavy atom. The molecule has 0 atom stereocenters. The van der Waals surface area contributed by atoms with E-state index in [-0.39, 0.29) is 22.6 Å². The molecular weight excluding hydrogens is 419 g/mol. The van der Waals surface area contributed by atoms with E-state index in [1.807, 2.05) is 6.92 Å². The van der Waals surface area contributed by atoms with Gasteiger partial charge in [-0.25, -0.2) is 13.4 Å². The summed E-state index contributed by atoms with van der Waals surface area (Å²) in [6.07, 6.45) is 1.89. The molecule has 11 heteroatoms. The number of nitrogens with zero attached hydrogens (tertiary/aromatic N) is 5. The molecule has 0 radical (unpaired) electrons. The fraction of sp³-hybridized carbons (Fsp3) is 0.526. The van der Waals surface area contributed by atoms with Crippen LogP contribution in [-0.2, 0) is 16.0 Å². The Balaban J connectivity index is 2.21. The molecule has 0 saturated heterocycles. The van der Waals surface area contributed by atoms with Gasteiger partial charge in [0.15, 0.2) is 27.2 Å². The van der Waals surface area contributed by atoms with Crippen molar-refractivity contribution >= 4 is 15.7 Å². The van der Waals surface area contributed by atoms with Gasteiger partial charge in [0.1, 0.15) is 11.6 Å². The first-order chi connectivity index (χ1) is 14.1. The van der Waals surface area contributed by atoms with Gasteiger partial charge in [-0.15, -0.1) is 0 Å². The lowest BCUT2D eigenvalue weighted by Gasteiger charge is -2.35. The number of aromatic nitrogens is 3. The number of alkyl halides is 3. The third-order valence-electron chi connectivity index (χ3n) is 5.24. The number of halogens is 3. The van der Waals surface area contributed by atoms with Gasteiger partial charge in [0.25, 0.3) is 0 Å². The monoisotopic (exact) mass is 441 g/mol. The summed E-state index contributed by atoms with van der Waals surface area (Å²) >= 11 is 0. The fourth-order valence-electron chi connectivity index (χ4n) is 3.83.